The fourth-order valence-corrected chi connectivity index (χ4v) is 2.85. The van der Waals surface area contributed by atoms with E-state index in [4.69, 9.17) is 0 Å². The summed E-state index contributed by atoms with van der Waals surface area (Å²) in [6.45, 7) is 2.48. The lowest BCUT2D eigenvalue weighted by molar-refractivity contribution is 0.208. The van der Waals surface area contributed by atoms with Crippen molar-refractivity contribution in [3.63, 3.8) is 0 Å². The molecule has 0 aliphatic carbocycles. The lowest BCUT2D eigenvalue weighted by Gasteiger charge is -2.17. The van der Waals surface area contributed by atoms with Gasteiger partial charge in [0.1, 0.15) is 17.7 Å². The normalized spacial score (nSPS) is 15.2. The Morgan fingerprint density at radius 2 is 1.95 bits per heavy atom. The molecule has 2 nitrogen and oxygen atoms in total. The molecule has 0 saturated carbocycles. The van der Waals surface area contributed by atoms with Gasteiger partial charge in [-0.15, -0.1) is 0 Å². The fraction of sp³-hybridized carbons (Fsp3) is 0.294. The number of benzene rings is 2. The monoisotopic (exact) mass is 289 g/mol. The van der Waals surface area contributed by atoms with E-state index >= 15 is 0 Å². The van der Waals surface area contributed by atoms with Crippen molar-refractivity contribution < 1.29 is 13.9 Å². The number of hydrogen-bond donors (Lipinski definition) is 1. The largest absolute Gasteiger partial charge is 0.383 e. The molecule has 3 rings (SSSR count). The quantitative estimate of drug-likeness (QED) is 0.916. The second-order valence-electron chi connectivity index (χ2n) is 5.55. The van der Waals surface area contributed by atoms with Crippen LogP contribution < -0.4 is 4.90 Å². The zero-order chi connectivity index (χ0) is 15.1. The van der Waals surface area contributed by atoms with E-state index in [1.807, 2.05) is 19.2 Å². The van der Waals surface area contributed by atoms with Gasteiger partial charge in [0.15, 0.2) is 0 Å². The minimum absolute atomic E-state index is 0.277. The smallest absolute Gasteiger partial charge is 0.135 e. The number of fused-ring (bicyclic) bond motifs is 1. The number of anilines is 1. The summed E-state index contributed by atoms with van der Waals surface area (Å²) in [5, 5.41) is 10.4. The highest BCUT2D eigenvalue weighted by molar-refractivity contribution is 5.59. The summed E-state index contributed by atoms with van der Waals surface area (Å²) >= 11 is 0. The highest BCUT2D eigenvalue weighted by Gasteiger charge is 2.23. The Labute approximate surface area is 122 Å². The number of nitrogens with zero attached hydrogens (tertiary/aromatic N) is 1. The summed E-state index contributed by atoms with van der Waals surface area (Å²) < 4.78 is 28.0. The lowest BCUT2D eigenvalue weighted by Crippen LogP contribution is -2.12. The van der Waals surface area contributed by atoms with Gasteiger partial charge in [-0.25, -0.2) is 8.78 Å². The number of aliphatic hydroxyl groups is 1. The Morgan fingerprint density at radius 1 is 1.19 bits per heavy atom. The van der Waals surface area contributed by atoms with Crippen LogP contribution in [-0.4, -0.2) is 18.7 Å². The van der Waals surface area contributed by atoms with Crippen molar-refractivity contribution >= 4 is 5.69 Å². The van der Waals surface area contributed by atoms with Crippen LogP contribution in [0.5, 0.6) is 0 Å². The average Bonchev–Trinajstić information content (AvgIpc) is 2.84. The molecule has 0 aromatic heterocycles. The molecule has 2 aromatic rings. The summed E-state index contributed by atoms with van der Waals surface area (Å²) in [5.41, 5.74) is 2.78. The van der Waals surface area contributed by atoms with Crippen LogP contribution in [0.1, 0.15) is 28.4 Å². The molecule has 0 spiro atoms. The maximum atomic E-state index is 14.1. The second kappa shape index (κ2) is 5.11. The lowest BCUT2D eigenvalue weighted by atomic mass is 9.96. The maximum Gasteiger partial charge on any atom is 0.135 e. The number of hydrogen-bond acceptors (Lipinski definition) is 2. The first kappa shape index (κ1) is 14.0. The molecule has 2 aromatic carbocycles. The molecule has 0 radical (unpaired) electrons. The van der Waals surface area contributed by atoms with E-state index in [-0.39, 0.29) is 5.56 Å². The first-order valence-corrected chi connectivity index (χ1v) is 6.95. The van der Waals surface area contributed by atoms with Crippen molar-refractivity contribution in [3.05, 3.63) is 64.2 Å². The molecule has 4 heteroatoms. The van der Waals surface area contributed by atoms with Crippen LogP contribution in [0, 0.1) is 18.6 Å². The molecule has 110 valence electrons. The maximum absolute atomic E-state index is 14.1. The Bertz CT molecular complexity index is 699. The topological polar surface area (TPSA) is 23.5 Å². The van der Waals surface area contributed by atoms with Gasteiger partial charge in [-0.3, -0.25) is 0 Å². The van der Waals surface area contributed by atoms with Crippen LogP contribution in [0.2, 0.25) is 0 Å². The molecule has 21 heavy (non-hydrogen) atoms. The van der Waals surface area contributed by atoms with Crippen molar-refractivity contribution in [2.75, 3.05) is 18.5 Å². The van der Waals surface area contributed by atoms with Crippen LogP contribution in [0.4, 0.5) is 14.5 Å². The standard InChI is InChI=1S/C17H17F2NO/c1-10-3-5-13(18)15(16(10)19)17(21)12-4-6-14-11(9-12)7-8-20(14)2/h3-6,9,17,21H,7-8H2,1-2H3. The van der Waals surface area contributed by atoms with Crippen molar-refractivity contribution in [2.24, 2.45) is 0 Å². The van der Waals surface area contributed by atoms with Crippen molar-refractivity contribution in [1.29, 1.82) is 0 Å². The fourth-order valence-electron chi connectivity index (χ4n) is 2.85. The highest BCUT2D eigenvalue weighted by atomic mass is 19.1. The molecule has 1 atom stereocenters. The molecular weight excluding hydrogens is 272 g/mol. The van der Waals surface area contributed by atoms with Crippen LogP contribution in [0.3, 0.4) is 0 Å². The minimum atomic E-state index is -1.29. The van der Waals surface area contributed by atoms with Crippen LogP contribution in [0.25, 0.3) is 0 Å². The Morgan fingerprint density at radius 3 is 2.71 bits per heavy atom. The van der Waals surface area contributed by atoms with Crippen LogP contribution >= 0.6 is 0 Å². The number of aryl methyl sites for hydroxylation is 1. The van der Waals surface area contributed by atoms with E-state index in [0.717, 1.165) is 24.2 Å². The molecule has 1 heterocycles. The van der Waals surface area contributed by atoms with Gasteiger partial charge in [-0.2, -0.15) is 0 Å². The number of aliphatic hydroxyl groups excluding tert-OH is 1. The Balaban J connectivity index is 2.04. The predicted octanol–water partition coefficient (Wildman–Crippen LogP) is 3.35. The van der Waals surface area contributed by atoms with Gasteiger partial charge in [0.25, 0.3) is 0 Å². The Hall–Kier alpha value is -1.94. The zero-order valence-corrected chi connectivity index (χ0v) is 12.0. The van der Waals surface area contributed by atoms with Gasteiger partial charge in [0, 0.05) is 19.3 Å². The summed E-state index contributed by atoms with van der Waals surface area (Å²) in [4.78, 5) is 2.12. The molecule has 1 aliphatic rings. The first-order chi connectivity index (χ1) is 9.99. The van der Waals surface area contributed by atoms with E-state index in [2.05, 4.69) is 4.90 Å². The van der Waals surface area contributed by atoms with E-state index < -0.39 is 17.7 Å². The second-order valence-corrected chi connectivity index (χ2v) is 5.55. The van der Waals surface area contributed by atoms with Gasteiger partial charge < -0.3 is 10.0 Å². The third kappa shape index (κ3) is 2.29. The van der Waals surface area contributed by atoms with Gasteiger partial charge in [-0.05, 0) is 42.2 Å². The van der Waals surface area contributed by atoms with E-state index in [0.29, 0.717) is 11.1 Å². The van der Waals surface area contributed by atoms with Crippen LogP contribution in [-0.2, 0) is 6.42 Å². The van der Waals surface area contributed by atoms with Crippen LogP contribution in [0.15, 0.2) is 30.3 Å². The van der Waals surface area contributed by atoms with Gasteiger partial charge in [0.05, 0.1) is 5.56 Å². The van der Waals surface area contributed by atoms with Gasteiger partial charge in [0.2, 0.25) is 0 Å². The number of rotatable bonds is 2. The van der Waals surface area contributed by atoms with E-state index in [9.17, 15) is 13.9 Å². The molecule has 0 fully saturated rings. The summed E-state index contributed by atoms with van der Waals surface area (Å²) in [6, 6.07) is 8.03. The molecule has 0 bridgehead atoms. The molecule has 0 saturated heterocycles. The van der Waals surface area contributed by atoms with E-state index in [1.165, 1.54) is 12.1 Å². The van der Waals surface area contributed by atoms with Gasteiger partial charge >= 0.3 is 0 Å². The zero-order valence-electron chi connectivity index (χ0n) is 12.0. The average molecular weight is 289 g/mol. The molecule has 1 aliphatic heterocycles. The van der Waals surface area contributed by atoms with Gasteiger partial charge in [-0.1, -0.05) is 18.2 Å². The molecular formula is C17H17F2NO. The predicted molar refractivity (Wildman–Crippen MR) is 78.6 cm³/mol. The van der Waals surface area contributed by atoms with Crippen molar-refractivity contribution in [3.8, 4) is 0 Å². The third-order valence-electron chi connectivity index (χ3n) is 4.14. The van der Waals surface area contributed by atoms with Crippen molar-refractivity contribution in [2.45, 2.75) is 19.4 Å². The first-order valence-electron chi connectivity index (χ1n) is 6.95. The third-order valence-corrected chi connectivity index (χ3v) is 4.14. The minimum Gasteiger partial charge on any atom is -0.383 e. The van der Waals surface area contributed by atoms with Crippen molar-refractivity contribution in [1.82, 2.24) is 0 Å². The highest BCUT2D eigenvalue weighted by Crippen LogP contribution is 2.33. The Kier molecular flexibility index (Phi) is 3.41. The number of likely N-dealkylation sites (N-methyl/N-ethyl adjacent to an activating group) is 1. The number of halogens is 2. The van der Waals surface area contributed by atoms with E-state index in [1.54, 1.807) is 13.0 Å². The summed E-state index contributed by atoms with van der Waals surface area (Å²) in [6.07, 6.45) is -0.411. The molecule has 0 amide bonds. The molecule has 1 N–H and O–H groups in total. The summed E-state index contributed by atoms with van der Waals surface area (Å²) in [5.74, 6) is -1.40. The summed E-state index contributed by atoms with van der Waals surface area (Å²) in [7, 11) is 2.00. The SMILES string of the molecule is Cc1ccc(F)c(C(O)c2ccc3c(c2)CCN3C)c1F. The molecule has 1 unspecified atom stereocenters.